The Morgan fingerprint density at radius 2 is 2.00 bits per heavy atom. The number of ketones is 1. The predicted molar refractivity (Wildman–Crippen MR) is 55.3 cm³/mol. The number of carbonyl (C=O) groups excluding carboxylic acids is 1. The first-order valence-electron chi connectivity index (χ1n) is 4.27. The molecule has 0 N–H and O–H groups in total. The zero-order valence-electron chi connectivity index (χ0n) is 7.90. The van der Waals surface area contributed by atoms with Gasteiger partial charge in [-0.2, -0.15) is 4.37 Å². The van der Waals surface area contributed by atoms with Gasteiger partial charge in [0.15, 0.2) is 16.6 Å². The van der Waals surface area contributed by atoms with E-state index in [0.717, 1.165) is 11.5 Å². The molecule has 0 amide bonds. The molecule has 2 rings (SSSR count). The molecule has 15 heavy (non-hydrogen) atoms. The third kappa shape index (κ3) is 2.07. The number of carbonyl (C=O) groups is 1. The normalized spacial score (nSPS) is 10.3. The van der Waals surface area contributed by atoms with Crippen molar-refractivity contribution in [2.75, 3.05) is 0 Å². The SMILES string of the molecule is CC(=O)c1nc(-c2ccc(F)cc2)ns1. The molecular weight excluding hydrogens is 215 g/mol. The molecule has 0 aliphatic rings. The number of nitrogens with zero attached hydrogens (tertiary/aromatic N) is 2. The highest BCUT2D eigenvalue weighted by atomic mass is 32.1. The lowest BCUT2D eigenvalue weighted by atomic mass is 10.2. The maximum Gasteiger partial charge on any atom is 0.189 e. The summed E-state index contributed by atoms with van der Waals surface area (Å²) in [7, 11) is 0. The molecule has 76 valence electrons. The Hall–Kier alpha value is -1.62. The van der Waals surface area contributed by atoms with E-state index in [-0.39, 0.29) is 11.6 Å². The largest absolute Gasteiger partial charge is 0.292 e. The molecule has 5 heteroatoms. The molecular formula is C10H7FN2OS. The lowest BCUT2D eigenvalue weighted by molar-refractivity contribution is 0.101. The van der Waals surface area contributed by atoms with Gasteiger partial charge in [0.1, 0.15) is 5.82 Å². The van der Waals surface area contributed by atoms with Crippen molar-refractivity contribution < 1.29 is 9.18 Å². The van der Waals surface area contributed by atoms with Crippen LogP contribution in [0.15, 0.2) is 24.3 Å². The number of benzene rings is 1. The van der Waals surface area contributed by atoms with Crippen LogP contribution in [0.4, 0.5) is 4.39 Å². The minimum absolute atomic E-state index is 0.110. The monoisotopic (exact) mass is 222 g/mol. The van der Waals surface area contributed by atoms with Gasteiger partial charge in [0.2, 0.25) is 0 Å². The molecule has 0 spiro atoms. The van der Waals surface area contributed by atoms with Crippen molar-refractivity contribution in [3.8, 4) is 11.4 Å². The summed E-state index contributed by atoms with van der Waals surface area (Å²) in [5.41, 5.74) is 0.708. The van der Waals surface area contributed by atoms with E-state index in [1.165, 1.54) is 19.1 Å². The number of hydrogen-bond donors (Lipinski definition) is 0. The zero-order chi connectivity index (χ0) is 10.8. The van der Waals surface area contributed by atoms with Gasteiger partial charge >= 0.3 is 0 Å². The molecule has 3 nitrogen and oxygen atoms in total. The van der Waals surface area contributed by atoms with E-state index >= 15 is 0 Å². The van der Waals surface area contributed by atoms with Gasteiger partial charge in [-0.25, -0.2) is 9.37 Å². The predicted octanol–water partition coefficient (Wildman–Crippen LogP) is 2.55. The topological polar surface area (TPSA) is 42.9 Å². The van der Waals surface area contributed by atoms with Crippen LogP contribution in [-0.2, 0) is 0 Å². The van der Waals surface area contributed by atoms with Crippen molar-refractivity contribution >= 4 is 17.3 Å². The van der Waals surface area contributed by atoms with Crippen molar-refractivity contribution in [1.82, 2.24) is 9.36 Å². The Morgan fingerprint density at radius 3 is 2.53 bits per heavy atom. The quantitative estimate of drug-likeness (QED) is 0.733. The highest BCUT2D eigenvalue weighted by Gasteiger charge is 2.09. The number of hydrogen-bond acceptors (Lipinski definition) is 4. The summed E-state index contributed by atoms with van der Waals surface area (Å²) in [6.45, 7) is 1.44. The van der Waals surface area contributed by atoms with E-state index in [1.54, 1.807) is 12.1 Å². The van der Waals surface area contributed by atoms with Gasteiger partial charge in [-0.15, -0.1) is 0 Å². The first-order chi connectivity index (χ1) is 7.16. The Bertz CT molecular complexity index is 492. The first-order valence-corrected chi connectivity index (χ1v) is 5.05. The first kappa shape index (κ1) is 9.92. The summed E-state index contributed by atoms with van der Waals surface area (Å²) in [5, 5.41) is 0.370. The Balaban J connectivity index is 2.37. The van der Waals surface area contributed by atoms with Crippen LogP contribution >= 0.6 is 11.5 Å². The van der Waals surface area contributed by atoms with Crippen LogP contribution in [-0.4, -0.2) is 15.1 Å². The third-order valence-corrected chi connectivity index (χ3v) is 2.65. The molecule has 1 aromatic heterocycles. The molecule has 0 aliphatic carbocycles. The van der Waals surface area contributed by atoms with E-state index in [1.807, 2.05) is 0 Å². The number of halogens is 1. The lowest BCUT2D eigenvalue weighted by Gasteiger charge is -1.93. The second-order valence-corrected chi connectivity index (χ2v) is 3.74. The standard InChI is InChI=1S/C10H7FN2OS/c1-6(14)10-12-9(13-15-10)7-2-4-8(11)5-3-7/h2-5H,1H3. The van der Waals surface area contributed by atoms with Crippen LogP contribution in [0.25, 0.3) is 11.4 Å². The van der Waals surface area contributed by atoms with Crippen molar-refractivity contribution in [3.05, 3.63) is 35.1 Å². The van der Waals surface area contributed by atoms with Gasteiger partial charge in [0.05, 0.1) is 0 Å². The van der Waals surface area contributed by atoms with Gasteiger partial charge in [-0.1, -0.05) is 0 Å². The van der Waals surface area contributed by atoms with Crippen LogP contribution in [0.5, 0.6) is 0 Å². The van der Waals surface area contributed by atoms with Crippen LogP contribution in [0.3, 0.4) is 0 Å². The molecule has 0 radical (unpaired) electrons. The smallest absolute Gasteiger partial charge is 0.189 e. The van der Waals surface area contributed by atoms with Gasteiger partial charge in [0.25, 0.3) is 0 Å². The molecule has 0 unspecified atom stereocenters. The van der Waals surface area contributed by atoms with Crippen LogP contribution in [0.2, 0.25) is 0 Å². The fourth-order valence-corrected chi connectivity index (χ4v) is 1.66. The van der Waals surface area contributed by atoms with Gasteiger partial charge in [-0.3, -0.25) is 4.79 Å². The Morgan fingerprint density at radius 1 is 1.33 bits per heavy atom. The van der Waals surface area contributed by atoms with E-state index in [4.69, 9.17) is 0 Å². The molecule has 0 bridgehead atoms. The fraction of sp³-hybridized carbons (Fsp3) is 0.100. The summed E-state index contributed by atoms with van der Waals surface area (Å²) in [6.07, 6.45) is 0. The van der Waals surface area contributed by atoms with Crippen molar-refractivity contribution in [2.45, 2.75) is 6.92 Å². The van der Waals surface area contributed by atoms with Crippen molar-refractivity contribution in [1.29, 1.82) is 0 Å². The molecule has 2 aromatic rings. The fourth-order valence-electron chi connectivity index (χ4n) is 1.08. The minimum atomic E-state index is -0.305. The third-order valence-electron chi connectivity index (χ3n) is 1.83. The lowest BCUT2D eigenvalue weighted by Crippen LogP contribution is -1.90. The van der Waals surface area contributed by atoms with E-state index in [2.05, 4.69) is 9.36 Å². The second kappa shape index (κ2) is 3.86. The average Bonchev–Trinajstić information content (AvgIpc) is 2.68. The minimum Gasteiger partial charge on any atom is -0.292 e. The molecule has 0 fully saturated rings. The average molecular weight is 222 g/mol. The molecule has 0 saturated heterocycles. The second-order valence-electron chi connectivity index (χ2n) is 2.99. The molecule has 1 aromatic carbocycles. The molecule has 1 heterocycles. The van der Waals surface area contributed by atoms with Gasteiger partial charge < -0.3 is 0 Å². The molecule has 0 atom stereocenters. The maximum absolute atomic E-state index is 12.6. The van der Waals surface area contributed by atoms with E-state index in [0.29, 0.717) is 16.4 Å². The molecule has 0 aliphatic heterocycles. The zero-order valence-corrected chi connectivity index (χ0v) is 8.71. The summed E-state index contributed by atoms with van der Waals surface area (Å²) in [5.74, 6) is 0.0480. The van der Waals surface area contributed by atoms with Gasteiger partial charge in [-0.05, 0) is 35.8 Å². The van der Waals surface area contributed by atoms with Crippen LogP contribution in [0, 0.1) is 5.82 Å². The number of rotatable bonds is 2. The summed E-state index contributed by atoms with van der Waals surface area (Å²) in [6, 6.07) is 5.84. The van der Waals surface area contributed by atoms with Gasteiger partial charge in [0, 0.05) is 12.5 Å². The Kier molecular flexibility index (Phi) is 2.55. The number of Topliss-reactive ketones (excluding diaryl/α,β-unsaturated/α-hetero) is 1. The number of aromatic nitrogens is 2. The maximum atomic E-state index is 12.6. The van der Waals surface area contributed by atoms with Crippen molar-refractivity contribution in [3.63, 3.8) is 0 Å². The summed E-state index contributed by atoms with van der Waals surface area (Å²) < 4.78 is 16.7. The van der Waals surface area contributed by atoms with E-state index in [9.17, 15) is 9.18 Å². The van der Waals surface area contributed by atoms with Crippen molar-refractivity contribution in [2.24, 2.45) is 0 Å². The summed E-state index contributed by atoms with van der Waals surface area (Å²) >= 11 is 1.05. The highest BCUT2D eigenvalue weighted by molar-refractivity contribution is 7.07. The van der Waals surface area contributed by atoms with Crippen LogP contribution in [0.1, 0.15) is 16.7 Å². The highest BCUT2D eigenvalue weighted by Crippen LogP contribution is 2.18. The Labute approximate surface area is 89.8 Å². The van der Waals surface area contributed by atoms with E-state index < -0.39 is 0 Å². The van der Waals surface area contributed by atoms with Crippen LogP contribution < -0.4 is 0 Å². The molecule has 0 saturated carbocycles. The summed E-state index contributed by atoms with van der Waals surface area (Å²) in [4.78, 5) is 15.0.